The van der Waals surface area contributed by atoms with Crippen LogP contribution >= 0.6 is 0 Å². The standard InChI is InChI=1S/C16H22N4O/c1-11-9-12(10-17)19-16(18-11)20-8-4-6-14(20)13-5-2-3-7-15(13)21/h9,13-15,21H,2-8H2,1H3. The first kappa shape index (κ1) is 14.3. The van der Waals surface area contributed by atoms with E-state index >= 15 is 0 Å². The lowest BCUT2D eigenvalue weighted by atomic mass is 9.80. The molecule has 0 amide bonds. The quantitative estimate of drug-likeness (QED) is 0.902. The van der Waals surface area contributed by atoms with E-state index in [-0.39, 0.29) is 6.10 Å². The first-order valence-corrected chi connectivity index (χ1v) is 7.89. The van der Waals surface area contributed by atoms with Crippen LogP contribution in [0.3, 0.4) is 0 Å². The summed E-state index contributed by atoms with van der Waals surface area (Å²) >= 11 is 0. The van der Waals surface area contributed by atoms with Crippen molar-refractivity contribution in [2.75, 3.05) is 11.4 Å². The van der Waals surface area contributed by atoms with Gasteiger partial charge in [-0.25, -0.2) is 9.97 Å². The molecule has 0 spiro atoms. The highest BCUT2D eigenvalue weighted by atomic mass is 16.3. The topological polar surface area (TPSA) is 73.0 Å². The van der Waals surface area contributed by atoms with Crippen molar-refractivity contribution in [2.45, 2.75) is 57.6 Å². The van der Waals surface area contributed by atoms with Crippen LogP contribution in [0.15, 0.2) is 6.07 Å². The number of anilines is 1. The van der Waals surface area contributed by atoms with E-state index in [2.05, 4.69) is 20.9 Å². The van der Waals surface area contributed by atoms with Crippen molar-refractivity contribution in [3.63, 3.8) is 0 Å². The Kier molecular flexibility index (Phi) is 4.07. The molecule has 112 valence electrons. The van der Waals surface area contributed by atoms with E-state index in [1.807, 2.05) is 6.92 Å². The molecule has 2 aliphatic rings. The Morgan fingerprint density at radius 3 is 2.81 bits per heavy atom. The fraction of sp³-hybridized carbons (Fsp3) is 0.688. The summed E-state index contributed by atoms with van der Waals surface area (Å²) in [6, 6.07) is 4.13. The number of hydrogen-bond donors (Lipinski definition) is 1. The first-order valence-electron chi connectivity index (χ1n) is 7.89. The van der Waals surface area contributed by atoms with Crippen LogP contribution in [-0.4, -0.2) is 33.8 Å². The third-order valence-electron chi connectivity index (χ3n) is 4.79. The molecule has 3 rings (SSSR count). The van der Waals surface area contributed by atoms with Crippen LogP contribution in [0.2, 0.25) is 0 Å². The minimum atomic E-state index is -0.204. The Balaban J connectivity index is 1.87. The Morgan fingerprint density at radius 2 is 2.05 bits per heavy atom. The van der Waals surface area contributed by atoms with Crippen LogP contribution in [0.1, 0.15) is 49.9 Å². The van der Waals surface area contributed by atoms with Gasteiger partial charge in [0.1, 0.15) is 11.8 Å². The zero-order chi connectivity index (χ0) is 14.8. The fourth-order valence-corrected chi connectivity index (χ4v) is 3.81. The minimum Gasteiger partial charge on any atom is -0.393 e. The molecule has 2 heterocycles. The Hall–Kier alpha value is -1.67. The van der Waals surface area contributed by atoms with Crippen molar-refractivity contribution in [1.29, 1.82) is 5.26 Å². The lowest BCUT2D eigenvalue weighted by molar-refractivity contribution is 0.0564. The lowest BCUT2D eigenvalue weighted by Crippen LogP contribution is -2.43. The number of aromatic nitrogens is 2. The molecule has 1 saturated carbocycles. The zero-order valence-electron chi connectivity index (χ0n) is 12.5. The molecular formula is C16H22N4O. The number of aliphatic hydroxyl groups is 1. The Morgan fingerprint density at radius 1 is 1.24 bits per heavy atom. The maximum atomic E-state index is 10.3. The smallest absolute Gasteiger partial charge is 0.227 e. The molecule has 1 aromatic heterocycles. The molecule has 5 heteroatoms. The van der Waals surface area contributed by atoms with Gasteiger partial charge in [-0.15, -0.1) is 0 Å². The molecular weight excluding hydrogens is 264 g/mol. The minimum absolute atomic E-state index is 0.204. The van der Waals surface area contributed by atoms with Crippen LogP contribution in [0.5, 0.6) is 0 Å². The van der Waals surface area contributed by atoms with Gasteiger partial charge in [0.15, 0.2) is 0 Å². The van der Waals surface area contributed by atoms with Gasteiger partial charge < -0.3 is 10.0 Å². The third-order valence-corrected chi connectivity index (χ3v) is 4.79. The summed E-state index contributed by atoms with van der Waals surface area (Å²) < 4.78 is 0. The van der Waals surface area contributed by atoms with Crippen LogP contribution in [-0.2, 0) is 0 Å². The van der Waals surface area contributed by atoms with Crippen molar-refractivity contribution in [1.82, 2.24) is 9.97 Å². The van der Waals surface area contributed by atoms with Gasteiger partial charge in [-0.1, -0.05) is 12.8 Å². The van der Waals surface area contributed by atoms with E-state index < -0.39 is 0 Å². The SMILES string of the molecule is Cc1cc(C#N)nc(N2CCCC2C2CCCCC2O)n1. The second kappa shape index (κ2) is 5.98. The van der Waals surface area contributed by atoms with Gasteiger partial charge in [-0.05, 0) is 38.7 Å². The molecule has 3 atom stereocenters. The van der Waals surface area contributed by atoms with E-state index in [4.69, 9.17) is 5.26 Å². The van der Waals surface area contributed by atoms with E-state index in [1.165, 1.54) is 6.42 Å². The molecule has 1 N–H and O–H groups in total. The van der Waals surface area contributed by atoms with Gasteiger partial charge in [0.2, 0.25) is 5.95 Å². The molecule has 2 fully saturated rings. The monoisotopic (exact) mass is 286 g/mol. The van der Waals surface area contributed by atoms with Gasteiger partial charge in [0.05, 0.1) is 6.10 Å². The van der Waals surface area contributed by atoms with Gasteiger partial charge in [-0.2, -0.15) is 5.26 Å². The summed E-state index contributed by atoms with van der Waals surface area (Å²) in [6.45, 7) is 2.81. The van der Waals surface area contributed by atoms with Crippen LogP contribution < -0.4 is 4.90 Å². The number of aryl methyl sites for hydroxylation is 1. The summed E-state index contributed by atoms with van der Waals surface area (Å²) in [5.41, 5.74) is 1.25. The molecule has 1 saturated heterocycles. The summed E-state index contributed by atoms with van der Waals surface area (Å²) in [5.74, 6) is 0.975. The second-order valence-electron chi connectivity index (χ2n) is 6.22. The van der Waals surface area contributed by atoms with Gasteiger partial charge in [-0.3, -0.25) is 0 Å². The Labute approximate surface area is 125 Å². The van der Waals surface area contributed by atoms with Gasteiger partial charge >= 0.3 is 0 Å². The largest absolute Gasteiger partial charge is 0.393 e. The molecule has 0 radical (unpaired) electrons. The molecule has 0 bridgehead atoms. The molecule has 5 nitrogen and oxygen atoms in total. The van der Waals surface area contributed by atoms with Crippen LogP contribution in [0.4, 0.5) is 5.95 Å². The maximum Gasteiger partial charge on any atom is 0.227 e. The normalized spacial score (nSPS) is 29.4. The number of hydrogen-bond acceptors (Lipinski definition) is 5. The second-order valence-corrected chi connectivity index (χ2v) is 6.22. The highest BCUT2D eigenvalue weighted by Crippen LogP contribution is 2.36. The van der Waals surface area contributed by atoms with Crippen molar-refractivity contribution < 1.29 is 5.11 Å². The predicted molar refractivity (Wildman–Crippen MR) is 79.8 cm³/mol. The first-order chi connectivity index (χ1) is 10.2. The van der Waals surface area contributed by atoms with Crippen molar-refractivity contribution in [2.24, 2.45) is 5.92 Å². The Bertz CT molecular complexity index is 554. The van der Waals surface area contributed by atoms with Crippen molar-refractivity contribution in [3.05, 3.63) is 17.5 Å². The number of aliphatic hydroxyl groups excluding tert-OH is 1. The average molecular weight is 286 g/mol. The highest BCUT2D eigenvalue weighted by molar-refractivity contribution is 5.38. The summed E-state index contributed by atoms with van der Waals surface area (Å²) in [5, 5.41) is 19.4. The summed E-state index contributed by atoms with van der Waals surface area (Å²) in [4.78, 5) is 11.1. The average Bonchev–Trinajstić information content (AvgIpc) is 2.96. The molecule has 1 aliphatic carbocycles. The maximum absolute atomic E-state index is 10.3. The predicted octanol–water partition coefficient (Wildman–Crippen LogP) is 2.18. The molecule has 1 aromatic rings. The lowest BCUT2D eigenvalue weighted by Gasteiger charge is -2.37. The van der Waals surface area contributed by atoms with E-state index in [9.17, 15) is 5.11 Å². The van der Waals surface area contributed by atoms with Crippen LogP contribution in [0, 0.1) is 24.2 Å². The molecule has 3 unspecified atom stereocenters. The van der Waals surface area contributed by atoms with Gasteiger partial charge in [0, 0.05) is 24.2 Å². The van der Waals surface area contributed by atoms with Gasteiger partial charge in [0.25, 0.3) is 0 Å². The summed E-state index contributed by atoms with van der Waals surface area (Å²) in [6.07, 6.45) is 6.30. The highest BCUT2D eigenvalue weighted by Gasteiger charge is 2.38. The molecule has 21 heavy (non-hydrogen) atoms. The molecule has 0 aromatic carbocycles. The number of rotatable bonds is 2. The zero-order valence-corrected chi connectivity index (χ0v) is 12.5. The number of nitriles is 1. The third kappa shape index (κ3) is 2.86. The van der Waals surface area contributed by atoms with E-state index in [0.717, 1.165) is 44.3 Å². The van der Waals surface area contributed by atoms with Crippen LogP contribution in [0.25, 0.3) is 0 Å². The fourth-order valence-electron chi connectivity index (χ4n) is 3.81. The number of nitrogens with zero attached hydrogens (tertiary/aromatic N) is 4. The van der Waals surface area contributed by atoms with Crippen molar-refractivity contribution in [3.8, 4) is 6.07 Å². The van der Waals surface area contributed by atoms with E-state index in [0.29, 0.717) is 23.6 Å². The van der Waals surface area contributed by atoms with Crippen molar-refractivity contribution >= 4 is 5.95 Å². The molecule has 1 aliphatic heterocycles. The van der Waals surface area contributed by atoms with E-state index in [1.54, 1.807) is 6.07 Å². The summed E-state index contributed by atoms with van der Waals surface area (Å²) in [7, 11) is 0.